The summed E-state index contributed by atoms with van der Waals surface area (Å²) in [5.41, 5.74) is 0.546. The molecular weight excluding hydrogens is 234 g/mol. The van der Waals surface area contributed by atoms with Crippen LogP contribution in [-0.4, -0.2) is 18.7 Å². The molecule has 13 heavy (non-hydrogen) atoms. The molecule has 68 valence electrons. The first-order chi connectivity index (χ1) is 6.24. The molecule has 1 amide bonds. The summed E-state index contributed by atoms with van der Waals surface area (Å²) in [6.45, 7) is 0.0505. The first kappa shape index (κ1) is 9.92. The van der Waals surface area contributed by atoms with Crippen molar-refractivity contribution in [2.45, 2.75) is 0 Å². The number of hydrogen-bond acceptors (Lipinski definition) is 2. The van der Waals surface area contributed by atoms with Crippen molar-refractivity contribution in [2.75, 3.05) is 6.54 Å². The molecule has 1 rings (SSSR count). The summed E-state index contributed by atoms with van der Waals surface area (Å²) in [4.78, 5) is 21.2. The fraction of sp³-hybridized carbons (Fsp3) is 0.111. The maximum atomic E-state index is 11.2. The summed E-state index contributed by atoms with van der Waals surface area (Å²) < 4.78 is 0.916. The Morgan fingerprint density at radius 1 is 1.38 bits per heavy atom. The lowest BCUT2D eigenvalue weighted by Gasteiger charge is -2.00. The molecule has 1 aromatic carbocycles. The standard InChI is InChI=1S/C9H8BrNO2/c10-8-3-1-7(2-4-8)9(13)11-5-6-12/h1-4,6H,5H2,(H,11,13). The van der Waals surface area contributed by atoms with Crippen molar-refractivity contribution in [1.82, 2.24) is 5.32 Å². The van der Waals surface area contributed by atoms with E-state index in [9.17, 15) is 9.59 Å². The quantitative estimate of drug-likeness (QED) is 0.814. The fourth-order valence-corrected chi connectivity index (χ4v) is 1.10. The van der Waals surface area contributed by atoms with Crippen LogP contribution in [0.2, 0.25) is 0 Å². The first-order valence-corrected chi connectivity index (χ1v) is 4.50. The number of hydrogen-bond donors (Lipinski definition) is 1. The van der Waals surface area contributed by atoms with Crippen molar-refractivity contribution < 1.29 is 9.59 Å². The molecule has 0 aliphatic heterocycles. The van der Waals surface area contributed by atoms with Crippen molar-refractivity contribution in [3.63, 3.8) is 0 Å². The number of nitrogens with one attached hydrogen (secondary N) is 1. The third-order valence-electron chi connectivity index (χ3n) is 1.45. The van der Waals surface area contributed by atoms with E-state index in [4.69, 9.17) is 0 Å². The topological polar surface area (TPSA) is 46.2 Å². The molecule has 1 N–H and O–H groups in total. The van der Waals surface area contributed by atoms with Crippen LogP contribution in [0.4, 0.5) is 0 Å². The van der Waals surface area contributed by atoms with E-state index in [1.165, 1.54) is 0 Å². The molecule has 0 unspecified atom stereocenters. The molecule has 4 heteroatoms. The minimum atomic E-state index is -0.236. The summed E-state index contributed by atoms with van der Waals surface area (Å²) in [5.74, 6) is -0.236. The van der Waals surface area contributed by atoms with Crippen LogP contribution in [0.5, 0.6) is 0 Å². The summed E-state index contributed by atoms with van der Waals surface area (Å²) in [7, 11) is 0. The van der Waals surface area contributed by atoms with Crippen molar-refractivity contribution >= 4 is 28.1 Å². The van der Waals surface area contributed by atoms with E-state index in [0.29, 0.717) is 11.8 Å². The first-order valence-electron chi connectivity index (χ1n) is 3.71. The molecule has 0 heterocycles. The highest BCUT2D eigenvalue weighted by atomic mass is 79.9. The highest BCUT2D eigenvalue weighted by Crippen LogP contribution is 2.09. The maximum Gasteiger partial charge on any atom is 0.251 e. The predicted molar refractivity (Wildman–Crippen MR) is 52.5 cm³/mol. The van der Waals surface area contributed by atoms with E-state index in [0.717, 1.165) is 4.47 Å². The van der Waals surface area contributed by atoms with Crippen molar-refractivity contribution in [3.8, 4) is 0 Å². The highest BCUT2D eigenvalue weighted by Gasteiger charge is 2.02. The van der Waals surface area contributed by atoms with Crippen LogP contribution in [0.3, 0.4) is 0 Å². The Balaban J connectivity index is 2.66. The van der Waals surface area contributed by atoms with E-state index in [2.05, 4.69) is 21.2 Å². The van der Waals surface area contributed by atoms with Crippen LogP contribution < -0.4 is 5.32 Å². The molecule has 0 spiro atoms. The maximum absolute atomic E-state index is 11.2. The molecule has 0 aliphatic carbocycles. The Labute approximate surface area is 84.3 Å². The van der Waals surface area contributed by atoms with Gasteiger partial charge in [0.15, 0.2) is 0 Å². The Kier molecular flexibility index (Phi) is 3.64. The van der Waals surface area contributed by atoms with E-state index in [-0.39, 0.29) is 12.5 Å². The van der Waals surface area contributed by atoms with Crippen LogP contribution in [0.25, 0.3) is 0 Å². The molecule has 0 aromatic heterocycles. The van der Waals surface area contributed by atoms with Gasteiger partial charge in [-0.1, -0.05) is 15.9 Å². The monoisotopic (exact) mass is 241 g/mol. The van der Waals surface area contributed by atoms with Gasteiger partial charge in [0, 0.05) is 10.0 Å². The second-order valence-electron chi connectivity index (χ2n) is 2.38. The molecule has 0 saturated carbocycles. The summed E-state index contributed by atoms with van der Waals surface area (Å²) in [6, 6.07) is 6.92. The smallest absolute Gasteiger partial charge is 0.251 e. The van der Waals surface area contributed by atoms with Crippen molar-refractivity contribution in [1.29, 1.82) is 0 Å². The molecule has 0 saturated heterocycles. The Morgan fingerprint density at radius 2 is 2.00 bits per heavy atom. The minimum absolute atomic E-state index is 0.0505. The second-order valence-corrected chi connectivity index (χ2v) is 3.30. The summed E-state index contributed by atoms with van der Waals surface area (Å²) in [6.07, 6.45) is 0.650. The van der Waals surface area contributed by atoms with E-state index < -0.39 is 0 Å². The summed E-state index contributed by atoms with van der Waals surface area (Å²) in [5, 5.41) is 2.45. The van der Waals surface area contributed by atoms with E-state index in [1.54, 1.807) is 24.3 Å². The molecule has 0 radical (unpaired) electrons. The highest BCUT2D eigenvalue weighted by molar-refractivity contribution is 9.10. The molecule has 0 fully saturated rings. The van der Waals surface area contributed by atoms with Gasteiger partial charge < -0.3 is 10.1 Å². The number of halogens is 1. The number of carbonyl (C=O) groups excluding carboxylic acids is 2. The average molecular weight is 242 g/mol. The van der Waals surface area contributed by atoms with Crippen LogP contribution in [0.15, 0.2) is 28.7 Å². The van der Waals surface area contributed by atoms with Gasteiger partial charge in [0.05, 0.1) is 6.54 Å². The third-order valence-corrected chi connectivity index (χ3v) is 1.98. The van der Waals surface area contributed by atoms with Gasteiger partial charge in [0.1, 0.15) is 6.29 Å². The van der Waals surface area contributed by atoms with Gasteiger partial charge >= 0.3 is 0 Å². The lowest BCUT2D eigenvalue weighted by Crippen LogP contribution is -2.24. The SMILES string of the molecule is O=CCNC(=O)c1ccc(Br)cc1. The Hall–Kier alpha value is -1.16. The van der Waals surface area contributed by atoms with Crippen molar-refractivity contribution in [2.24, 2.45) is 0 Å². The van der Waals surface area contributed by atoms with E-state index >= 15 is 0 Å². The Bertz CT molecular complexity index is 308. The fourth-order valence-electron chi connectivity index (χ4n) is 0.838. The molecule has 0 atom stereocenters. The lowest BCUT2D eigenvalue weighted by molar-refractivity contribution is -0.107. The molecular formula is C9H8BrNO2. The number of carbonyl (C=O) groups is 2. The van der Waals surface area contributed by atoms with Crippen molar-refractivity contribution in [3.05, 3.63) is 34.3 Å². The number of aldehydes is 1. The second kappa shape index (κ2) is 4.77. The van der Waals surface area contributed by atoms with Crippen LogP contribution >= 0.6 is 15.9 Å². The van der Waals surface area contributed by atoms with E-state index in [1.807, 2.05) is 0 Å². The number of rotatable bonds is 3. The third kappa shape index (κ3) is 2.99. The lowest BCUT2D eigenvalue weighted by atomic mass is 10.2. The van der Waals surface area contributed by atoms with Gasteiger partial charge in [-0.3, -0.25) is 4.79 Å². The van der Waals surface area contributed by atoms with Gasteiger partial charge in [-0.15, -0.1) is 0 Å². The average Bonchev–Trinajstić information content (AvgIpc) is 2.15. The molecule has 1 aromatic rings. The zero-order valence-electron chi connectivity index (χ0n) is 6.79. The van der Waals surface area contributed by atoms with Crippen LogP contribution in [0, 0.1) is 0 Å². The van der Waals surface area contributed by atoms with Gasteiger partial charge in [0.2, 0.25) is 0 Å². The van der Waals surface area contributed by atoms with Gasteiger partial charge in [-0.05, 0) is 24.3 Å². The van der Waals surface area contributed by atoms with Gasteiger partial charge in [-0.2, -0.15) is 0 Å². The van der Waals surface area contributed by atoms with Crippen LogP contribution in [-0.2, 0) is 4.79 Å². The zero-order chi connectivity index (χ0) is 9.68. The number of benzene rings is 1. The number of amides is 1. The normalized spacial score (nSPS) is 9.31. The van der Waals surface area contributed by atoms with Gasteiger partial charge in [-0.25, -0.2) is 0 Å². The van der Waals surface area contributed by atoms with Crippen LogP contribution in [0.1, 0.15) is 10.4 Å². The molecule has 3 nitrogen and oxygen atoms in total. The predicted octanol–water partition coefficient (Wildman–Crippen LogP) is 1.38. The minimum Gasteiger partial charge on any atom is -0.345 e. The molecule has 0 bridgehead atoms. The zero-order valence-corrected chi connectivity index (χ0v) is 8.37. The largest absolute Gasteiger partial charge is 0.345 e. The molecule has 0 aliphatic rings. The Morgan fingerprint density at radius 3 is 2.54 bits per heavy atom. The summed E-state index contributed by atoms with van der Waals surface area (Å²) >= 11 is 3.26. The van der Waals surface area contributed by atoms with Gasteiger partial charge in [0.25, 0.3) is 5.91 Å².